The molecule has 1 aliphatic heterocycles. The molecule has 2 N–H and O–H groups in total. The van der Waals surface area contributed by atoms with Gasteiger partial charge in [-0.15, -0.1) is 23.7 Å². The molecule has 1 aliphatic rings. The lowest BCUT2D eigenvalue weighted by molar-refractivity contribution is -0.133. The maximum atomic E-state index is 12.6. The highest BCUT2D eigenvalue weighted by atomic mass is 35.5. The van der Waals surface area contributed by atoms with Gasteiger partial charge in [-0.3, -0.25) is 4.79 Å². The van der Waals surface area contributed by atoms with E-state index >= 15 is 0 Å². The summed E-state index contributed by atoms with van der Waals surface area (Å²) < 4.78 is 31.1. The van der Waals surface area contributed by atoms with Crippen LogP contribution in [-0.2, 0) is 19.6 Å². The van der Waals surface area contributed by atoms with Crippen molar-refractivity contribution in [1.82, 2.24) is 9.21 Å². The summed E-state index contributed by atoms with van der Waals surface area (Å²) in [7, 11) is -2.44. The second-order valence-electron chi connectivity index (χ2n) is 5.16. The van der Waals surface area contributed by atoms with Crippen molar-refractivity contribution in [1.29, 1.82) is 0 Å². The Labute approximate surface area is 151 Å². The monoisotopic (exact) mass is 397 g/mol. The highest BCUT2D eigenvalue weighted by Gasteiger charge is 2.32. The predicted molar refractivity (Wildman–Crippen MR) is 91.9 cm³/mol. The molecular weight excluding hydrogens is 378 g/mol. The molecule has 1 fully saturated rings. The number of ether oxygens (including phenoxy) is 1. The number of thiophene rings is 1. The van der Waals surface area contributed by atoms with Crippen LogP contribution in [0.15, 0.2) is 15.7 Å². The van der Waals surface area contributed by atoms with E-state index in [9.17, 15) is 18.0 Å². The lowest BCUT2D eigenvalue weighted by Gasteiger charge is -2.34. The fourth-order valence-corrected chi connectivity index (χ4v) is 4.96. The number of hydrogen-bond donors (Lipinski definition) is 1. The molecule has 0 saturated carbocycles. The van der Waals surface area contributed by atoms with E-state index in [1.54, 1.807) is 11.8 Å². The van der Waals surface area contributed by atoms with Crippen LogP contribution >= 0.6 is 23.7 Å². The Balaban J connectivity index is 0.00000288. The number of sulfonamides is 1. The van der Waals surface area contributed by atoms with Crippen molar-refractivity contribution in [3.05, 3.63) is 17.0 Å². The number of piperazine rings is 1. The summed E-state index contributed by atoms with van der Waals surface area (Å²) in [5.74, 6) is -0.763. The summed E-state index contributed by atoms with van der Waals surface area (Å²) in [6.07, 6.45) is 0. The highest BCUT2D eigenvalue weighted by Crippen LogP contribution is 2.25. The van der Waals surface area contributed by atoms with Crippen molar-refractivity contribution in [3.63, 3.8) is 0 Å². The highest BCUT2D eigenvalue weighted by molar-refractivity contribution is 7.91. The number of carbonyl (C=O) groups is 2. The minimum absolute atomic E-state index is 0. The van der Waals surface area contributed by atoms with Gasteiger partial charge in [0, 0.05) is 31.6 Å². The first-order valence-electron chi connectivity index (χ1n) is 6.98. The Morgan fingerprint density at radius 2 is 1.88 bits per heavy atom. The minimum Gasteiger partial charge on any atom is -0.465 e. The third kappa shape index (κ3) is 4.25. The van der Waals surface area contributed by atoms with Gasteiger partial charge in [0.1, 0.15) is 4.21 Å². The molecule has 2 heterocycles. The van der Waals surface area contributed by atoms with Gasteiger partial charge in [-0.1, -0.05) is 0 Å². The lowest BCUT2D eigenvalue weighted by Crippen LogP contribution is -2.53. The molecule has 0 aromatic carbocycles. The fraction of sp³-hybridized carbons (Fsp3) is 0.538. The van der Waals surface area contributed by atoms with Gasteiger partial charge in [0.2, 0.25) is 5.91 Å². The lowest BCUT2D eigenvalue weighted by atomic mass is 10.2. The SMILES string of the molecule is COC(=O)c1csc(S(=O)(=O)N2CCN(C(=O)C(C)N)CC2)c1.Cl. The van der Waals surface area contributed by atoms with Crippen LogP contribution in [0, 0.1) is 0 Å². The maximum absolute atomic E-state index is 12.6. The van der Waals surface area contributed by atoms with Gasteiger partial charge in [0.15, 0.2) is 0 Å². The summed E-state index contributed by atoms with van der Waals surface area (Å²) in [5, 5.41) is 1.45. The Kier molecular flexibility index (Phi) is 7.17. The number of nitrogens with zero attached hydrogens (tertiary/aromatic N) is 2. The number of rotatable bonds is 4. The first-order valence-corrected chi connectivity index (χ1v) is 9.30. The average molecular weight is 398 g/mol. The summed E-state index contributed by atoms with van der Waals surface area (Å²) in [4.78, 5) is 24.8. The van der Waals surface area contributed by atoms with Gasteiger partial charge in [0.25, 0.3) is 10.0 Å². The first kappa shape index (κ1) is 20.8. The molecule has 2 rings (SSSR count). The molecule has 1 unspecified atom stereocenters. The van der Waals surface area contributed by atoms with Crippen molar-refractivity contribution in [2.45, 2.75) is 17.2 Å². The Bertz CT molecular complexity index is 696. The smallest absolute Gasteiger partial charge is 0.338 e. The van der Waals surface area contributed by atoms with E-state index in [-0.39, 0.29) is 41.2 Å². The maximum Gasteiger partial charge on any atom is 0.338 e. The molecule has 1 aromatic heterocycles. The van der Waals surface area contributed by atoms with E-state index in [0.717, 1.165) is 11.3 Å². The summed E-state index contributed by atoms with van der Waals surface area (Å²) in [6.45, 7) is 2.60. The standard InChI is InChI=1S/C13H19N3O5S2.ClH/c1-9(14)12(17)15-3-5-16(6-4-15)23(19,20)11-7-10(8-22-11)13(18)21-2;/h7-9H,3-6,14H2,1-2H3;1H. The van der Waals surface area contributed by atoms with Crippen LogP contribution in [0.2, 0.25) is 0 Å². The average Bonchev–Trinajstić information content (AvgIpc) is 3.04. The van der Waals surface area contributed by atoms with Crippen LogP contribution in [0.4, 0.5) is 0 Å². The van der Waals surface area contributed by atoms with E-state index in [1.807, 2.05) is 0 Å². The van der Waals surface area contributed by atoms with Gasteiger partial charge < -0.3 is 15.4 Å². The van der Waals surface area contributed by atoms with E-state index in [1.165, 1.54) is 22.9 Å². The van der Waals surface area contributed by atoms with Crippen LogP contribution in [0.25, 0.3) is 0 Å². The van der Waals surface area contributed by atoms with E-state index < -0.39 is 22.0 Å². The number of hydrogen-bond acceptors (Lipinski definition) is 7. The molecule has 0 bridgehead atoms. The van der Waals surface area contributed by atoms with Crippen LogP contribution < -0.4 is 5.73 Å². The van der Waals surface area contributed by atoms with Gasteiger partial charge in [0.05, 0.1) is 18.7 Å². The topological polar surface area (TPSA) is 110 Å². The number of nitrogens with two attached hydrogens (primary N) is 1. The molecule has 24 heavy (non-hydrogen) atoms. The largest absolute Gasteiger partial charge is 0.465 e. The number of methoxy groups -OCH3 is 1. The van der Waals surface area contributed by atoms with Crippen molar-refractivity contribution in [2.75, 3.05) is 33.3 Å². The van der Waals surface area contributed by atoms with Crippen LogP contribution in [0.5, 0.6) is 0 Å². The zero-order valence-electron chi connectivity index (χ0n) is 13.3. The summed E-state index contributed by atoms with van der Waals surface area (Å²) in [6, 6.07) is 0.712. The molecule has 136 valence electrons. The van der Waals surface area contributed by atoms with Crippen LogP contribution in [-0.4, -0.2) is 68.8 Å². The Morgan fingerprint density at radius 1 is 1.29 bits per heavy atom. The summed E-state index contributed by atoms with van der Waals surface area (Å²) in [5.41, 5.74) is 5.77. The van der Waals surface area contributed by atoms with Crippen LogP contribution in [0.3, 0.4) is 0 Å². The van der Waals surface area contributed by atoms with Gasteiger partial charge in [-0.25, -0.2) is 13.2 Å². The quantitative estimate of drug-likeness (QED) is 0.723. The molecule has 1 aromatic rings. The van der Waals surface area contributed by atoms with E-state index in [0.29, 0.717) is 13.1 Å². The summed E-state index contributed by atoms with van der Waals surface area (Å²) >= 11 is 0.975. The Hall–Kier alpha value is -1.20. The van der Waals surface area contributed by atoms with Crippen molar-refractivity contribution in [2.24, 2.45) is 5.73 Å². The van der Waals surface area contributed by atoms with Crippen molar-refractivity contribution in [3.8, 4) is 0 Å². The van der Waals surface area contributed by atoms with E-state index in [4.69, 9.17) is 5.73 Å². The molecule has 1 saturated heterocycles. The minimum atomic E-state index is -3.68. The normalized spacial score (nSPS) is 17.0. The molecule has 0 aliphatic carbocycles. The van der Waals surface area contributed by atoms with E-state index in [2.05, 4.69) is 4.74 Å². The molecule has 1 atom stereocenters. The molecule has 1 amide bonds. The van der Waals surface area contributed by atoms with Gasteiger partial charge >= 0.3 is 5.97 Å². The Morgan fingerprint density at radius 3 is 2.38 bits per heavy atom. The molecule has 0 radical (unpaired) electrons. The third-order valence-electron chi connectivity index (χ3n) is 3.53. The zero-order valence-corrected chi connectivity index (χ0v) is 15.7. The zero-order chi connectivity index (χ0) is 17.2. The number of amides is 1. The predicted octanol–water partition coefficient (Wildman–Crippen LogP) is 0.137. The second-order valence-corrected chi connectivity index (χ2v) is 8.24. The number of halogens is 1. The van der Waals surface area contributed by atoms with Gasteiger partial charge in [-0.2, -0.15) is 4.31 Å². The molecule has 8 nitrogen and oxygen atoms in total. The molecular formula is C13H20ClN3O5S2. The fourth-order valence-electron chi connectivity index (χ4n) is 2.24. The second kappa shape index (κ2) is 8.26. The van der Waals surface area contributed by atoms with Crippen LogP contribution in [0.1, 0.15) is 17.3 Å². The third-order valence-corrected chi connectivity index (χ3v) is 6.84. The van der Waals surface area contributed by atoms with Crippen molar-refractivity contribution >= 4 is 45.6 Å². The number of carbonyl (C=O) groups excluding carboxylic acids is 2. The van der Waals surface area contributed by atoms with Crippen molar-refractivity contribution < 1.29 is 22.7 Å². The molecule has 11 heteroatoms. The van der Waals surface area contributed by atoms with Gasteiger partial charge in [-0.05, 0) is 13.0 Å². The molecule has 0 spiro atoms. The number of esters is 1. The first-order chi connectivity index (χ1) is 10.8.